The van der Waals surface area contributed by atoms with Gasteiger partial charge in [-0.3, -0.25) is 4.99 Å². The zero-order valence-electron chi connectivity index (χ0n) is 16.5. The van der Waals surface area contributed by atoms with Crippen LogP contribution < -0.4 is 5.32 Å². The second-order valence-corrected chi connectivity index (χ2v) is 7.68. The van der Waals surface area contributed by atoms with Crippen LogP contribution >= 0.6 is 0 Å². The van der Waals surface area contributed by atoms with E-state index in [-0.39, 0.29) is 11.2 Å². The summed E-state index contributed by atoms with van der Waals surface area (Å²) in [6, 6.07) is 6.91. The first-order valence-corrected chi connectivity index (χ1v) is 10.0. The maximum absolute atomic E-state index is 13.4. The molecule has 0 saturated carbocycles. The first-order chi connectivity index (χ1) is 13.1. The fourth-order valence-electron chi connectivity index (χ4n) is 4.00. The van der Waals surface area contributed by atoms with E-state index in [1.165, 1.54) is 0 Å². The molecule has 3 rings (SSSR count). The summed E-state index contributed by atoms with van der Waals surface area (Å²) in [6.45, 7) is 7.68. The summed E-state index contributed by atoms with van der Waals surface area (Å²) in [4.78, 5) is 7.20. The highest BCUT2D eigenvalue weighted by atomic mass is 19.1. The minimum absolute atomic E-state index is 0.0933. The molecule has 2 aliphatic heterocycles. The van der Waals surface area contributed by atoms with E-state index in [4.69, 9.17) is 14.5 Å². The molecule has 0 amide bonds. The van der Waals surface area contributed by atoms with E-state index in [0.29, 0.717) is 12.5 Å². The Kier molecular flexibility index (Phi) is 7.07. The molecular formula is C21H32FN3O2. The average Bonchev–Trinajstić information content (AvgIpc) is 3.19. The topological polar surface area (TPSA) is 46.1 Å². The lowest BCUT2D eigenvalue weighted by atomic mass is 9.74. The summed E-state index contributed by atoms with van der Waals surface area (Å²) in [5.74, 6) is 1.29. The van der Waals surface area contributed by atoms with Crippen LogP contribution in [-0.4, -0.2) is 64.0 Å². The van der Waals surface area contributed by atoms with Crippen molar-refractivity contribution in [2.45, 2.75) is 31.6 Å². The predicted octanol–water partition coefficient (Wildman–Crippen LogP) is 2.81. The minimum atomic E-state index is -0.198. The molecule has 0 aliphatic carbocycles. The van der Waals surface area contributed by atoms with E-state index in [1.54, 1.807) is 12.1 Å². The Hall–Kier alpha value is -1.66. The monoisotopic (exact) mass is 377 g/mol. The van der Waals surface area contributed by atoms with Gasteiger partial charge in [0, 0.05) is 51.3 Å². The molecule has 1 N–H and O–H groups in total. The molecule has 0 aromatic heterocycles. The lowest BCUT2D eigenvalue weighted by Crippen LogP contribution is -2.43. The van der Waals surface area contributed by atoms with Crippen molar-refractivity contribution >= 4 is 5.96 Å². The number of rotatable bonds is 6. The van der Waals surface area contributed by atoms with E-state index in [9.17, 15) is 4.39 Å². The molecule has 1 aromatic carbocycles. The number of hydrogen-bond acceptors (Lipinski definition) is 3. The van der Waals surface area contributed by atoms with Gasteiger partial charge in [0.2, 0.25) is 0 Å². The third-order valence-electron chi connectivity index (χ3n) is 5.69. The minimum Gasteiger partial charge on any atom is -0.381 e. The van der Waals surface area contributed by atoms with Crippen LogP contribution in [0.4, 0.5) is 4.39 Å². The van der Waals surface area contributed by atoms with Crippen LogP contribution in [0.15, 0.2) is 29.3 Å². The molecule has 2 heterocycles. The van der Waals surface area contributed by atoms with Crippen molar-refractivity contribution in [2.24, 2.45) is 10.9 Å². The van der Waals surface area contributed by atoms with Gasteiger partial charge in [-0.25, -0.2) is 4.39 Å². The Morgan fingerprint density at radius 2 is 1.96 bits per heavy atom. The molecule has 5 nitrogen and oxygen atoms in total. The molecular weight excluding hydrogens is 345 g/mol. The Labute approximate surface area is 161 Å². The van der Waals surface area contributed by atoms with Gasteiger partial charge in [-0.15, -0.1) is 0 Å². The van der Waals surface area contributed by atoms with Gasteiger partial charge in [-0.1, -0.05) is 12.1 Å². The standard InChI is InChI=1S/C21H32FN3O2/c1-3-23-20(25(2)14-17-8-11-27-15-17)24-16-21(9-12-26-13-10-21)18-4-6-19(22)7-5-18/h4-7,17H,3,8-16H2,1-2H3,(H,23,24). The van der Waals surface area contributed by atoms with Crippen molar-refractivity contribution in [1.29, 1.82) is 0 Å². The molecule has 0 spiro atoms. The van der Waals surface area contributed by atoms with Gasteiger partial charge in [-0.2, -0.15) is 0 Å². The van der Waals surface area contributed by atoms with Gasteiger partial charge in [0.15, 0.2) is 5.96 Å². The fourth-order valence-corrected chi connectivity index (χ4v) is 4.00. The highest BCUT2D eigenvalue weighted by Gasteiger charge is 2.34. The van der Waals surface area contributed by atoms with Crippen molar-refractivity contribution in [2.75, 3.05) is 53.1 Å². The molecule has 0 radical (unpaired) electrons. The SMILES string of the molecule is CCNC(=NCC1(c2ccc(F)cc2)CCOCC1)N(C)CC1CCOC1. The highest BCUT2D eigenvalue weighted by molar-refractivity contribution is 5.79. The van der Waals surface area contributed by atoms with E-state index >= 15 is 0 Å². The van der Waals surface area contributed by atoms with Crippen LogP contribution in [0.5, 0.6) is 0 Å². The van der Waals surface area contributed by atoms with Gasteiger partial charge in [-0.05, 0) is 43.9 Å². The second-order valence-electron chi connectivity index (χ2n) is 7.68. The summed E-state index contributed by atoms with van der Waals surface area (Å²) in [7, 11) is 2.09. The second kappa shape index (κ2) is 9.51. The number of guanidine groups is 1. The van der Waals surface area contributed by atoms with Crippen LogP contribution in [0.2, 0.25) is 0 Å². The van der Waals surface area contributed by atoms with Crippen LogP contribution in [0.1, 0.15) is 31.7 Å². The molecule has 1 atom stereocenters. The molecule has 27 heavy (non-hydrogen) atoms. The van der Waals surface area contributed by atoms with E-state index in [0.717, 1.165) is 70.3 Å². The summed E-state index contributed by atoms with van der Waals surface area (Å²) in [6.07, 6.45) is 2.92. The maximum Gasteiger partial charge on any atom is 0.193 e. The Morgan fingerprint density at radius 1 is 1.22 bits per heavy atom. The molecule has 6 heteroatoms. The summed E-state index contributed by atoms with van der Waals surface area (Å²) < 4.78 is 24.5. The molecule has 2 fully saturated rings. The molecule has 2 aliphatic rings. The Balaban J connectivity index is 1.76. The summed E-state index contributed by atoms with van der Waals surface area (Å²) >= 11 is 0. The van der Waals surface area contributed by atoms with Crippen LogP contribution in [0.25, 0.3) is 0 Å². The van der Waals surface area contributed by atoms with Crippen molar-refractivity contribution in [3.63, 3.8) is 0 Å². The fraction of sp³-hybridized carbons (Fsp3) is 0.667. The van der Waals surface area contributed by atoms with E-state index < -0.39 is 0 Å². The number of ether oxygens (including phenoxy) is 2. The lowest BCUT2D eigenvalue weighted by Gasteiger charge is -2.37. The molecule has 2 saturated heterocycles. The summed E-state index contributed by atoms with van der Waals surface area (Å²) in [5.41, 5.74) is 1.06. The number of benzene rings is 1. The first kappa shape index (κ1) is 20.1. The van der Waals surface area contributed by atoms with E-state index in [1.807, 2.05) is 12.1 Å². The molecule has 1 unspecified atom stereocenters. The van der Waals surface area contributed by atoms with Gasteiger partial charge in [0.1, 0.15) is 5.82 Å². The quantitative estimate of drug-likeness (QED) is 0.612. The molecule has 0 bridgehead atoms. The maximum atomic E-state index is 13.4. The van der Waals surface area contributed by atoms with Crippen molar-refractivity contribution < 1.29 is 13.9 Å². The first-order valence-electron chi connectivity index (χ1n) is 10.0. The van der Waals surface area contributed by atoms with Gasteiger partial charge < -0.3 is 19.7 Å². The zero-order valence-corrected chi connectivity index (χ0v) is 16.5. The van der Waals surface area contributed by atoms with Crippen molar-refractivity contribution in [3.05, 3.63) is 35.6 Å². The lowest BCUT2D eigenvalue weighted by molar-refractivity contribution is 0.0530. The van der Waals surface area contributed by atoms with Gasteiger partial charge in [0.25, 0.3) is 0 Å². The Morgan fingerprint density at radius 3 is 2.59 bits per heavy atom. The predicted molar refractivity (Wildman–Crippen MR) is 106 cm³/mol. The summed E-state index contributed by atoms with van der Waals surface area (Å²) in [5, 5.41) is 3.42. The smallest absolute Gasteiger partial charge is 0.193 e. The number of halogens is 1. The Bertz CT molecular complexity index is 608. The van der Waals surface area contributed by atoms with Crippen LogP contribution in [-0.2, 0) is 14.9 Å². The number of hydrogen-bond donors (Lipinski definition) is 1. The van der Waals surface area contributed by atoms with Gasteiger partial charge >= 0.3 is 0 Å². The van der Waals surface area contributed by atoms with Crippen molar-refractivity contribution in [1.82, 2.24) is 10.2 Å². The highest BCUT2D eigenvalue weighted by Crippen LogP contribution is 2.35. The average molecular weight is 378 g/mol. The molecule has 1 aromatic rings. The third-order valence-corrected chi connectivity index (χ3v) is 5.69. The third kappa shape index (κ3) is 5.20. The largest absolute Gasteiger partial charge is 0.381 e. The van der Waals surface area contributed by atoms with E-state index in [2.05, 4.69) is 24.2 Å². The number of nitrogens with zero attached hydrogens (tertiary/aromatic N) is 2. The van der Waals surface area contributed by atoms with Gasteiger partial charge in [0.05, 0.1) is 13.2 Å². The number of nitrogens with one attached hydrogen (secondary N) is 1. The van der Waals surface area contributed by atoms with Crippen LogP contribution in [0, 0.1) is 11.7 Å². The zero-order chi connectivity index (χ0) is 19.1. The number of aliphatic imine (C=N–C) groups is 1. The normalized spacial score (nSPS) is 22.6. The molecule has 150 valence electrons. The van der Waals surface area contributed by atoms with Crippen molar-refractivity contribution in [3.8, 4) is 0 Å². The van der Waals surface area contributed by atoms with Crippen LogP contribution in [0.3, 0.4) is 0 Å².